The number of methoxy groups -OCH3 is 1. The molecule has 2 amide bonds. The molecule has 0 radical (unpaired) electrons. The lowest BCUT2D eigenvalue weighted by molar-refractivity contribution is -0.135. The Balaban J connectivity index is 1.86. The molecule has 6 nitrogen and oxygen atoms in total. The summed E-state index contributed by atoms with van der Waals surface area (Å²) < 4.78 is 11.3. The Labute approximate surface area is 159 Å². The topological polar surface area (TPSA) is 63.0 Å². The van der Waals surface area contributed by atoms with E-state index in [0.29, 0.717) is 31.9 Å². The average Bonchev–Trinajstić information content (AvgIpc) is 2.93. The average molecular weight is 370 g/mol. The molecule has 0 N–H and O–H groups in total. The van der Waals surface area contributed by atoms with Gasteiger partial charge in [0.05, 0.1) is 7.11 Å². The second kappa shape index (κ2) is 7.47. The standard InChI is InChI=1S/C21H26N2O4/c1-13(10-21(25)23-8-6-22(7-9-23)16(4)24)17-11-18-14(2)15(3)27-20(18)12-19(17)26-5/h10-12H,6-9H2,1-5H3/b13-10+. The maximum Gasteiger partial charge on any atom is 0.246 e. The van der Waals surface area contributed by atoms with E-state index in [0.717, 1.165) is 33.4 Å². The number of nitrogens with zero attached hydrogens (tertiary/aromatic N) is 2. The van der Waals surface area contributed by atoms with Gasteiger partial charge in [0.25, 0.3) is 0 Å². The fourth-order valence-corrected chi connectivity index (χ4v) is 3.44. The van der Waals surface area contributed by atoms with E-state index in [4.69, 9.17) is 9.15 Å². The van der Waals surface area contributed by atoms with E-state index in [1.807, 2.05) is 32.9 Å². The number of piperazine rings is 1. The van der Waals surface area contributed by atoms with Crippen LogP contribution in [0.15, 0.2) is 22.6 Å². The van der Waals surface area contributed by atoms with Gasteiger partial charge in [-0.2, -0.15) is 0 Å². The molecule has 1 aliphatic heterocycles. The second-order valence-corrected chi connectivity index (χ2v) is 6.99. The van der Waals surface area contributed by atoms with Crippen LogP contribution in [0.2, 0.25) is 0 Å². The number of hydrogen-bond donors (Lipinski definition) is 0. The molecule has 0 bridgehead atoms. The largest absolute Gasteiger partial charge is 0.496 e. The third kappa shape index (κ3) is 3.70. The fraction of sp³-hybridized carbons (Fsp3) is 0.429. The highest BCUT2D eigenvalue weighted by molar-refractivity contribution is 5.97. The molecule has 1 saturated heterocycles. The van der Waals surface area contributed by atoms with Crippen LogP contribution >= 0.6 is 0 Å². The summed E-state index contributed by atoms with van der Waals surface area (Å²) in [5, 5.41) is 1.03. The van der Waals surface area contributed by atoms with Crippen molar-refractivity contribution in [1.29, 1.82) is 0 Å². The predicted molar refractivity (Wildman–Crippen MR) is 105 cm³/mol. The summed E-state index contributed by atoms with van der Waals surface area (Å²) in [5.41, 5.74) is 3.59. The lowest BCUT2D eigenvalue weighted by Gasteiger charge is -2.33. The highest BCUT2D eigenvalue weighted by atomic mass is 16.5. The third-order valence-corrected chi connectivity index (χ3v) is 5.30. The van der Waals surface area contributed by atoms with Gasteiger partial charge in [-0.25, -0.2) is 0 Å². The van der Waals surface area contributed by atoms with Gasteiger partial charge in [-0.15, -0.1) is 0 Å². The quantitative estimate of drug-likeness (QED) is 0.779. The van der Waals surface area contributed by atoms with Crippen molar-refractivity contribution in [2.45, 2.75) is 27.7 Å². The molecule has 0 spiro atoms. The first-order valence-corrected chi connectivity index (χ1v) is 9.12. The zero-order chi connectivity index (χ0) is 19.7. The fourth-order valence-electron chi connectivity index (χ4n) is 3.44. The highest BCUT2D eigenvalue weighted by Gasteiger charge is 2.22. The summed E-state index contributed by atoms with van der Waals surface area (Å²) in [5.74, 6) is 1.57. The molecule has 1 fully saturated rings. The molecule has 6 heteroatoms. The van der Waals surface area contributed by atoms with Gasteiger partial charge in [-0.1, -0.05) is 0 Å². The van der Waals surface area contributed by atoms with E-state index in [9.17, 15) is 9.59 Å². The van der Waals surface area contributed by atoms with E-state index in [1.54, 1.807) is 29.9 Å². The molecule has 0 saturated carbocycles. The van der Waals surface area contributed by atoms with E-state index in [2.05, 4.69) is 0 Å². The number of amides is 2. The Kier molecular flexibility index (Phi) is 5.26. The van der Waals surface area contributed by atoms with Crippen molar-refractivity contribution in [1.82, 2.24) is 9.80 Å². The van der Waals surface area contributed by atoms with Crippen LogP contribution in [0.4, 0.5) is 0 Å². The molecule has 2 aromatic rings. The number of rotatable bonds is 3. The number of ether oxygens (including phenoxy) is 1. The number of carbonyl (C=O) groups is 2. The zero-order valence-corrected chi connectivity index (χ0v) is 16.6. The zero-order valence-electron chi connectivity index (χ0n) is 16.6. The molecule has 1 aliphatic rings. The van der Waals surface area contributed by atoms with E-state index in [-0.39, 0.29) is 11.8 Å². The van der Waals surface area contributed by atoms with Crippen LogP contribution in [-0.2, 0) is 9.59 Å². The summed E-state index contributed by atoms with van der Waals surface area (Å²) in [7, 11) is 1.61. The lowest BCUT2D eigenvalue weighted by Crippen LogP contribution is -2.49. The van der Waals surface area contributed by atoms with Gasteiger partial charge in [-0.3, -0.25) is 9.59 Å². The van der Waals surface area contributed by atoms with Gasteiger partial charge >= 0.3 is 0 Å². The summed E-state index contributed by atoms with van der Waals surface area (Å²) in [6.45, 7) is 9.70. The first-order chi connectivity index (χ1) is 12.8. The van der Waals surface area contributed by atoms with Gasteiger partial charge in [0.1, 0.15) is 17.1 Å². The molecule has 0 atom stereocenters. The van der Waals surface area contributed by atoms with Crippen LogP contribution in [0.3, 0.4) is 0 Å². The Morgan fingerprint density at radius 3 is 2.30 bits per heavy atom. The maximum absolute atomic E-state index is 12.7. The minimum atomic E-state index is -0.0436. The summed E-state index contributed by atoms with van der Waals surface area (Å²) in [4.78, 5) is 27.7. The molecule has 1 aromatic heterocycles. The number of fused-ring (bicyclic) bond motifs is 1. The van der Waals surface area contributed by atoms with Gasteiger partial charge in [0.15, 0.2) is 0 Å². The minimum Gasteiger partial charge on any atom is -0.496 e. The normalized spacial score (nSPS) is 15.4. The molecule has 144 valence electrons. The SMILES string of the molecule is COc1cc2oc(C)c(C)c2cc1/C(C)=C/C(=O)N1CCN(C(C)=O)CC1. The minimum absolute atomic E-state index is 0.0436. The summed E-state index contributed by atoms with van der Waals surface area (Å²) in [6.07, 6.45) is 1.65. The van der Waals surface area contributed by atoms with Crippen molar-refractivity contribution in [3.63, 3.8) is 0 Å². The third-order valence-electron chi connectivity index (χ3n) is 5.30. The van der Waals surface area contributed by atoms with Crippen molar-refractivity contribution in [2.75, 3.05) is 33.3 Å². The lowest BCUT2D eigenvalue weighted by atomic mass is 10.0. The smallest absolute Gasteiger partial charge is 0.246 e. The van der Waals surface area contributed by atoms with Gasteiger partial charge < -0.3 is 19.0 Å². The number of carbonyl (C=O) groups excluding carboxylic acids is 2. The van der Waals surface area contributed by atoms with Crippen LogP contribution in [-0.4, -0.2) is 54.9 Å². The number of aryl methyl sites for hydroxylation is 2. The first-order valence-electron chi connectivity index (χ1n) is 9.12. The van der Waals surface area contributed by atoms with Gasteiger partial charge in [0.2, 0.25) is 11.8 Å². The molecular weight excluding hydrogens is 344 g/mol. The number of furan rings is 1. The second-order valence-electron chi connectivity index (χ2n) is 6.99. The van der Waals surface area contributed by atoms with Gasteiger partial charge in [-0.05, 0) is 38.0 Å². The Hall–Kier alpha value is -2.76. The molecule has 3 rings (SSSR count). The van der Waals surface area contributed by atoms with E-state index >= 15 is 0 Å². The van der Waals surface area contributed by atoms with Crippen molar-refractivity contribution in [2.24, 2.45) is 0 Å². The maximum atomic E-state index is 12.7. The van der Waals surface area contributed by atoms with Gasteiger partial charge in [0, 0.05) is 56.2 Å². The number of hydrogen-bond acceptors (Lipinski definition) is 4. The van der Waals surface area contributed by atoms with Crippen molar-refractivity contribution in [3.05, 3.63) is 35.1 Å². The Bertz CT molecular complexity index is 918. The highest BCUT2D eigenvalue weighted by Crippen LogP contribution is 2.34. The molecule has 27 heavy (non-hydrogen) atoms. The molecule has 2 heterocycles. The monoisotopic (exact) mass is 370 g/mol. The van der Waals surface area contributed by atoms with E-state index in [1.165, 1.54) is 0 Å². The van der Waals surface area contributed by atoms with Crippen LogP contribution in [0.25, 0.3) is 16.5 Å². The predicted octanol–water partition coefficient (Wildman–Crippen LogP) is 3.15. The molecule has 0 unspecified atom stereocenters. The van der Waals surface area contributed by atoms with Crippen LogP contribution < -0.4 is 4.74 Å². The van der Waals surface area contributed by atoms with Crippen LogP contribution in [0, 0.1) is 13.8 Å². The van der Waals surface area contributed by atoms with Crippen molar-refractivity contribution < 1.29 is 18.7 Å². The van der Waals surface area contributed by atoms with Crippen molar-refractivity contribution in [3.8, 4) is 5.75 Å². The summed E-state index contributed by atoms with van der Waals surface area (Å²) in [6, 6.07) is 3.89. The van der Waals surface area contributed by atoms with Crippen LogP contribution in [0.5, 0.6) is 5.75 Å². The Morgan fingerprint density at radius 1 is 1.07 bits per heavy atom. The van der Waals surface area contributed by atoms with Crippen molar-refractivity contribution >= 4 is 28.4 Å². The molecular formula is C21H26N2O4. The van der Waals surface area contributed by atoms with Crippen LogP contribution in [0.1, 0.15) is 30.7 Å². The Morgan fingerprint density at radius 2 is 1.70 bits per heavy atom. The molecule has 0 aliphatic carbocycles. The number of allylic oxidation sites excluding steroid dienone is 1. The summed E-state index contributed by atoms with van der Waals surface area (Å²) >= 11 is 0. The number of benzene rings is 1. The van der Waals surface area contributed by atoms with E-state index < -0.39 is 0 Å². The first kappa shape index (κ1) is 19.0. The molecule has 1 aromatic carbocycles.